The maximum absolute atomic E-state index is 13.3. The Morgan fingerprint density at radius 3 is 2.51 bits per heavy atom. The monoisotopic (exact) mass is 473 g/mol. The van der Waals surface area contributed by atoms with Crippen LogP contribution in [0.2, 0.25) is 0 Å². The summed E-state index contributed by atoms with van der Waals surface area (Å²) in [6.45, 7) is 7.70. The molecule has 0 saturated carbocycles. The van der Waals surface area contributed by atoms with Crippen LogP contribution in [0.5, 0.6) is 0 Å². The number of nitrogens with zero attached hydrogens (tertiary/aromatic N) is 4. The topological polar surface area (TPSA) is 135 Å². The van der Waals surface area contributed by atoms with E-state index in [2.05, 4.69) is 25.7 Å². The number of carbonyl (C=O) groups is 2. The number of aromatic nitrogens is 5. The fourth-order valence-corrected chi connectivity index (χ4v) is 3.90. The number of fused-ring (bicyclic) bond motifs is 1. The van der Waals surface area contributed by atoms with Gasteiger partial charge in [0.2, 0.25) is 0 Å². The Kier molecular flexibility index (Phi) is 6.46. The summed E-state index contributed by atoms with van der Waals surface area (Å²) >= 11 is 0. The molecule has 0 radical (unpaired) electrons. The van der Waals surface area contributed by atoms with Crippen molar-refractivity contribution in [2.75, 3.05) is 7.05 Å². The number of aryl methyl sites for hydroxylation is 2. The van der Waals surface area contributed by atoms with Crippen LogP contribution >= 0.6 is 0 Å². The highest BCUT2D eigenvalue weighted by atomic mass is 16.2. The van der Waals surface area contributed by atoms with Crippen LogP contribution in [-0.4, -0.2) is 43.6 Å². The van der Waals surface area contributed by atoms with Crippen molar-refractivity contribution in [1.82, 2.24) is 35.4 Å². The number of rotatable bonds is 6. The molecule has 0 unspecified atom stereocenters. The van der Waals surface area contributed by atoms with Gasteiger partial charge in [-0.1, -0.05) is 0 Å². The van der Waals surface area contributed by atoms with Crippen molar-refractivity contribution >= 4 is 22.8 Å². The molecule has 3 N–H and O–H groups in total. The van der Waals surface area contributed by atoms with Crippen molar-refractivity contribution < 1.29 is 9.59 Å². The van der Waals surface area contributed by atoms with Crippen LogP contribution in [0.1, 0.15) is 57.6 Å². The minimum atomic E-state index is -0.351. The molecule has 0 saturated heterocycles. The van der Waals surface area contributed by atoms with E-state index in [1.165, 1.54) is 7.05 Å². The summed E-state index contributed by atoms with van der Waals surface area (Å²) in [7, 11) is 1.54. The van der Waals surface area contributed by atoms with Crippen molar-refractivity contribution in [3.63, 3.8) is 0 Å². The number of aromatic amines is 1. The van der Waals surface area contributed by atoms with Crippen molar-refractivity contribution in [2.45, 2.75) is 40.3 Å². The third kappa shape index (κ3) is 4.68. The van der Waals surface area contributed by atoms with E-state index in [9.17, 15) is 14.4 Å². The molecule has 0 spiro atoms. The minimum absolute atomic E-state index is 0.0219. The standard InChI is InChI=1S/C25H27N7O3/c1-13(2)32-22-19(12-29-32)17(23(33)28-11-18-14(3)8-15(4)30-24(18)34)9-21(31-22)16-6-7-20(27-10-16)25(35)26-5/h6-10,12-13H,11H2,1-5H3,(H,26,35)(H,28,33)(H,30,34). The minimum Gasteiger partial charge on any atom is -0.354 e. The maximum Gasteiger partial charge on any atom is 0.269 e. The number of hydrogen-bond acceptors (Lipinski definition) is 6. The highest BCUT2D eigenvalue weighted by Gasteiger charge is 2.19. The second-order valence-corrected chi connectivity index (χ2v) is 8.61. The lowest BCUT2D eigenvalue weighted by molar-refractivity contribution is 0.0947. The van der Waals surface area contributed by atoms with E-state index in [0.29, 0.717) is 33.4 Å². The molecule has 4 aromatic heterocycles. The normalized spacial score (nSPS) is 11.1. The molecule has 10 heteroatoms. The number of carbonyl (C=O) groups excluding carboxylic acids is 2. The van der Waals surface area contributed by atoms with Gasteiger partial charge in [0.15, 0.2) is 5.65 Å². The van der Waals surface area contributed by atoms with Gasteiger partial charge in [-0.25, -0.2) is 9.67 Å². The molecule has 35 heavy (non-hydrogen) atoms. The molecule has 0 atom stereocenters. The van der Waals surface area contributed by atoms with Crippen molar-refractivity contribution in [3.8, 4) is 11.3 Å². The molecule has 0 fully saturated rings. The van der Waals surface area contributed by atoms with Gasteiger partial charge in [-0.3, -0.25) is 19.4 Å². The molecule has 4 rings (SSSR count). The third-order valence-electron chi connectivity index (χ3n) is 5.74. The van der Waals surface area contributed by atoms with Gasteiger partial charge in [-0.15, -0.1) is 0 Å². The lowest BCUT2D eigenvalue weighted by Gasteiger charge is -2.12. The molecule has 0 aliphatic carbocycles. The van der Waals surface area contributed by atoms with Gasteiger partial charge in [-0.2, -0.15) is 5.10 Å². The number of H-pyrrole nitrogens is 1. The Bertz CT molecular complexity index is 1480. The van der Waals surface area contributed by atoms with Crippen LogP contribution in [-0.2, 0) is 6.54 Å². The number of pyridine rings is 3. The molecule has 0 bridgehead atoms. The number of hydrogen-bond donors (Lipinski definition) is 3. The summed E-state index contributed by atoms with van der Waals surface area (Å²) in [4.78, 5) is 49.3. The predicted octanol–water partition coefficient (Wildman–Crippen LogP) is 2.67. The molecule has 10 nitrogen and oxygen atoms in total. The summed E-state index contributed by atoms with van der Waals surface area (Å²) < 4.78 is 1.75. The predicted molar refractivity (Wildman–Crippen MR) is 132 cm³/mol. The molecule has 0 aliphatic heterocycles. The van der Waals surface area contributed by atoms with Crippen molar-refractivity contribution in [3.05, 3.63) is 75.1 Å². The van der Waals surface area contributed by atoms with Gasteiger partial charge in [0.05, 0.1) is 22.8 Å². The van der Waals surface area contributed by atoms with Crippen molar-refractivity contribution in [2.24, 2.45) is 0 Å². The van der Waals surface area contributed by atoms with E-state index in [1.54, 1.807) is 35.3 Å². The Morgan fingerprint density at radius 1 is 1.11 bits per heavy atom. The Labute approximate surface area is 201 Å². The van der Waals surface area contributed by atoms with E-state index < -0.39 is 0 Å². The smallest absolute Gasteiger partial charge is 0.269 e. The van der Waals surface area contributed by atoms with Crippen LogP contribution in [0.4, 0.5) is 0 Å². The highest BCUT2D eigenvalue weighted by molar-refractivity contribution is 6.06. The van der Waals surface area contributed by atoms with E-state index in [4.69, 9.17) is 4.98 Å². The van der Waals surface area contributed by atoms with E-state index in [-0.39, 0.29) is 35.7 Å². The van der Waals surface area contributed by atoms with E-state index in [1.807, 2.05) is 33.8 Å². The second-order valence-electron chi connectivity index (χ2n) is 8.61. The first-order valence-corrected chi connectivity index (χ1v) is 11.2. The first-order valence-electron chi connectivity index (χ1n) is 11.2. The van der Waals surface area contributed by atoms with Gasteiger partial charge in [0.1, 0.15) is 5.69 Å². The lowest BCUT2D eigenvalue weighted by Crippen LogP contribution is -2.28. The highest BCUT2D eigenvalue weighted by Crippen LogP contribution is 2.26. The van der Waals surface area contributed by atoms with Gasteiger partial charge < -0.3 is 15.6 Å². The average molecular weight is 474 g/mol. The molecule has 0 aliphatic rings. The summed E-state index contributed by atoms with van der Waals surface area (Å²) in [6.07, 6.45) is 3.17. The molecular weight excluding hydrogens is 446 g/mol. The molecule has 2 amide bonds. The van der Waals surface area contributed by atoms with E-state index >= 15 is 0 Å². The molecule has 0 aromatic carbocycles. The summed E-state index contributed by atoms with van der Waals surface area (Å²) in [5.74, 6) is -0.643. The zero-order chi connectivity index (χ0) is 25.3. The third-order valence-corrected chi connectivity index (χ3v) is 5.74. The Hall–Kier alpha value is -4.34. The van der Waals surface area contributed by atoms with Crippen LogP contribution in [0.3, 0.4) is 0 Å². The molecule has 4 aromatic rings. The zero-order valence-electron chi connectivity index (χ0n) is 20.3. The van der Waals surface area contributed by atoms with Crippen LogP contribution < -0.4 is 16.2 Å². The molecule has 4 heterocycles. The van der Waals surface area contributed by atoms with Gasteiger partial charge in [0, 0.05) is 42.7 Å². The second kappa shape index (κ2) is 9.49. The maximum atomic E-state index is 13.3. The fourth-order valence-electron chi connectivity index (χ4n) is 3.90. The summed E-state index contributed by atoms with van der Waals surface area (Å²) in [5, 5.41) is 10.4. The SMILES string of the molecule is CNC(=O)c1ccc(-c2cc(C(=O)NCc3c(C)cc(C)[nH]c3=O)c3cnn(C(C)C)c3n2)cn1. The summed E-state index contributed by atoms with van der Waals surface area (Å²) in [5.41, 5.74) is 4.24. The number of nitrogens with one attached hydrogen (secondary N) is 3. The van der Waals surface area contributed by atoms with Crippen LogP contribution in [0.25, 0.3) is 22.3 Å². The molecule has 180 valence electrons. The Balaban J connectivity index is 1.74. The first kappa shape index (κ1) is 23.8. The van der Waals surface area contributed by atoms with Crippen molar-refractivity contribution in [1.29, 1.82) is 0 Å². The van der Waals surface area contributed by atoms with Crippen LogP contribution in [0, 0.1) is 13.8 Å². The summed E-state index contributed by atoms with van der Waals surface area (Å²) in [6, 6.07) is 6.90. The largest absolute Gasteiger partial charge is 0.354 e. The van der Waals surface area contributed by atoms with Gasteiger partial charge >= 0.3 is 0 Å². The lowest BCUT2D eigenvalue weighted by atomic mass is 10.1. The first-order chi connectivity index (χ1) is 16.7. The fraction of sp³-hybridized carbons (Fsp3) is 0.280. The zero-order valence-corrected chi connectivity index (χ0v) is 20.3. The van der Waals surface area contributed by atoms with Crippen LogP contribution in [0.15, 0.2) is 41.5 Å². The van der Waals surface area contributed by atoms with Gasteiger partial charge in [0.25, 0.3) is 17.4 Å². The molecular formula is C25H27N7O3. The van der Waals surface area contributed by atoms with Gasteiger partial charge in [-0.05, 0) is 57.5 Å². The average Bonchev–Trinajstić information content (AvgIpc) is 3.26. The number of amides is 2. The van der Waals surface area contributed by atoms with E-state index in [0.717, 1.165) is 11.3 Å². The quantitative estimate of drug-likeness (QED) is 0.394. The Morgan fingerprint density at radius 2 is 1.89 bits per heavy atom.